The van der Waals surface area contributed by atoms with Gasteiger partial charge in [0.05, 0.1) is 16.8 Å². The lowest BCUT2D eigenvalue weighted by molar-refractivity contribution is -0.126. The first kappa shape index (κ1) is 24.9. The van der Waals surface area contributed by atoms with Gasteiger partial charge in [-0.2, -0.15) is 4.31 Å². The molecule has 11 heteroatoms. The van der Waals surface area contributed by atoms with Gasteiger partial charge < -0.3 is 5.32 Å². The summed E-state index contributed by atoms with van der Waals surface area (Å²) in [4.78, 5) is 24.2. The minimum Gasteiger partial charge on any atom is -0.352 e. The van der Waals surface area contributed by atoms with Gasteiger partial charge in [0.25, 0.3) is 0 Å². The van der Waals surface area contributed by atoms with Crippen molar-refractivity contribution in [3.8, 4) is 0 Å². The van der Waals surface area contributed by atoms with E-state index < -0.39 is 20.0 Å². The largest absolute Gasteiger partial charge is 0.352 e. The van der Waals surface area contributed by atoms with Crippen LogP contribution in [0, 0.1) is 5.92 Å². The molecule has 0 atom stereocenters. The Bertz CT molecular complexity index is 1230. The highest BCUT2D eigenvalue weighted by atomic mass is 32.2. The van der Waals surface area contributed by atoms with Gasteiger partial charge in [-0.15, -0.1) is 0 Å². The number of rotatable bonds is 8. The number of carbonyl (C=O) groups excluding carboxylic acids is 2. The van der Waals surface area contributed by atoms with E-state index in [1.165, 1.54) is 35.5 Å². The second kappa shape index (κ2) is 10.0. The number of carbonyl (C=O) groups is 2. The summed E-state index contributed by atoms with van der Waals surface area (Å²) >= 11 is 0. The predicted molar refractivity (Wildman–Crippen MR) is 125 cm³/mol. The third-order valence-electron chi connectivity index (χ3n) is 5.49. The molecule has 0 radical (unpaired) electrons. The maximum atomic E-state index is 12.9. The van der Waals surface area contributed by atoms with Crippen molar-refractivity contribution in [3.05, 3.63) is 59.7 Å². The molecule has 0 aromatic heterocycles. The molecule has 0 unspecified atom stereocenters. The summed E-state index contributed by atoms with van der Waals surface area (Å²) in [6, 6.07) is 12.6. The number of hydrogen-bond acceptors (Lipinski definition) is 6. The fraction of sp³-hybridized carbons (Fsp3) is 0.364. The quantitative estimate of drug-likeness (QED) is 0.541. The first-order chi connectivity index (χ1) is 15.5. The number of Topliss-reactive ketones (excluding diaryl/α,β-unsaturated/α-hetero) is 1. The molecule has 1 saturated heterocycles. The smallest absolute Gasteiger partial charge is 0.243 e. The van der Waals surface area contributed by atoms with Gasteiger partial charge in [-0.1, -0.05) is 30.3 Å². The van der Waals surface area contributed by atoms with Gasteiger partial charge in [-0.3, -0.25) is 14.3 Å². The summed E-state index contributed by atoms with van der Waals surface area (Å²) in [6.45, 7) is 1.99. The summed E-state index contributed by atoms with van der Waals surface area (Å²) in [6.07, 6.45) is 1.81. The van der Waals surface area contributed by atoms with Gasteiger partial charge in [0.1, 0.15) is 0 Å². The molecule has 1 amide bonds. The predicted octanol–water partition coefficient (Wildman–Crippen LogP) is 1.98. The maximum Gasteiger partial charge on any atom is 0.243 e. The third-order valence-corrected chi connectivity index (χ3v) is 7.99. The van der Waals surface area contributed by atoms with E-state index in [1.807, 2.05) is 0 Å². The Morgan fingerprint density at radius 2 is 1.58 bits per heavy atom. The lowest BCUT2D eigenvalue weighted by Crippen LogP contribution is -2.42. The lowest BCUT2D eigenvalue weighted by atomic mass is 9.97. The van der Waals surface area contributed by atoms with Gasteiger partial charge in [-0.25, -0.2) is 16.8 Å². The second-order valence-electron chi connectivity index (χ2n) is 8.01. The topological polar surface area (TPSA) is 130 Å². The van der Waals surface area contributed by atoms with Crippen LogP contribution in [0.15, 0.2) is 53.4 Å². The van der Waals surface area contributed by atoms with Crippen LogP contribution in [-0.4, -0.2) is 52.2 Å². The first-order valence-corrected chi connectivity index (χ1v) is 13.7. The molecule has 1 heterocycles. The molecular formula is C22H27N3O6S2. The number of sulfonamides is 2. The second-order valence-corrected chi connectivity index (χ2v) is 11.7. The number of amides is 1. The van der Waals surface area contributed by atoms with Crippen molar-refractivity contribution in [1.82, 2.24) is 9.62 Å². The van der Waals surface area contributed by atoms with Crippen molar-refractivity contribution >= 4 is 37.4 Å². The van der Waals surface area contributed by atoms with Gasteiger partial charge >= 0.3 is 0 Å². The Morgan fingerprint density at radius 3 is 2.15 bits per heavy atom. The van der Waals surface area contributed by atoms with Crippen molar-refractivity contribution in [2.45, 2.75) is 31.2 Å². The van der Waals surface area contributed by atoms with Gasteiger partial charge in [0, 0.05) is 31.1 Å². The fourth-order valence-corrected chi connectivity index (χ4v) is 5.74. The molecule has 0 aliphatic carbocycles. The number of benzene rings is 2. The number of nitrogens with zero attached hydrogens (tertiary/aromatic N) is 1. The van der Waals surface area contributed by atoms with Crippen LogP contribution in [0.5, 0.6) is 0 Å². The number of nitrogens with one attached hydrogen (secondary N) is 2. The third kappa shape index (κ3) is 6.40. The van der Waals surface area contributed by atoms with Gasteiger partial charge in [0.15, 0.2) is 5.78 Å². The SMILES string of the molecule is CC(=O)c1ccc(S(=O)(=O)N2CCC(C(=O)NCc3ccccc3NS(C)(=O)=O)CC2)cc1. The zero-order valence-corrected chi connectivity index (χ0v) is 20.1. The van der Waals surface area contributed by atoms with E-state index in [1.54, 1.807) is 24.3 Å². The van der Waals surface area contributed by atoms with Crippen molar-refractivity contribution in [2.24, 2.45) is 5.92 Å². The standard InChI is InChI=1S/C22H27N3O6S2/c1-16(26)17-7-9-20(10-8-17)33(30,31)25-13-11-18(12-14-25)22(27)23-15-19-5-3-4-6-21(19)24-32(2,28)29/h3-10,18,24H,11-15H2,1-2H3,(H,23,27). The van der Waals surface area contributed by atoms with Gasteiger partial charge in [0.2, 0.25) is 26.0 Å². The Balaban J connectivity index is 1.58. The molecule has 1 aliphatic heterocycles. The fourth-order valence-electron chi connectivity index (χ4n) is 3.67. The lowest BCUT2D eigenvalue weighted by Gasteiger charge is -2.30. The minimum atomic E-state index is -3.71. The Morgan fingerprint density at radius 1 is 0.970 bits per heavy atom. The monoisotopic (exact) mass is 493 g/mol. The van der Waals surface area contributed by atoms with Crippen LogP contribution >= 0.6 is 0 Å². The van der Waals surface area contributed by atoms with E-state index in [4.69, 9.17) is 0 Å². The number of piperidine rings is 1. The zero-order chi connectivity index (χ0) is 24.2. The van der Waals surface area contributed by atoms with E-state index >= 15 is 0 Å². The van der Waals surface area contributed by atoms with E-state index in [2.05, 4.69) is 10.0 Å². The van der Waals surface area contributed by atoms with E-state index in [0.717, 1.165) is 6.26 Å². The summed E-state index contributed by atoms with van der Waals surface area (Å²) in [5.74, 6) is -0.681. The van der Waals surface area contributed by atoms with Crippen molar-refractivity contribution in [1.29, 1.82) is 0 Å². The maximum absolute atomic E-state index is 12.9. The number of hydrogen-bond donors (Lipinski definition) is 2. The van der Waals surface area contributed by atoms with Crippen molar-refractivity contribution < 1.29 is 26.4 Å². The average Bonchev–Trinajstić information content (AvgIpc) is 2.77. The van der Waals surface area contributed by atoms with E-state index in [9.17, 15) is 26.4 Å². The minimum absolute atomic E-state index is 0.116. The van der Waals surface area contributed by atoms with Crippen molar-refractivity contribution in [2.75, 3.05) is 24.1 Å². The number of para-hydroxylation sites is 1. The van der Waals surface area contributed by atoms with Crippen LogP contribution in [0.3, 0.4) is 0 Å². The molecule has 2 N–H and O–H groups in total. The number of ketones is 1. The van der Waals surface area contributed by atoms with Gasteiger partial charge in [-0.05, 0) is 43.5 Å². The summed E-state index contributed by atoms with van der Waals surface area (Å²) in [5.41, 5.74) is 1.47. The highest BCUT2D eigenvalue weighted by Crippen LogP contribution is 2.25. The average molecular weight is 494 g/mol. The van der Waals surface area contributed by atoms with Crippen molar-refractivity contribution in [3.63, 3.8) is 0 Å². The number of anilines is 1. The molecule has 9 nitrogen and oxygen atoms in total. The van der Waals surface area contributed by atoms with Crippen LogP contribution in [0.2, 0.25) is 0 Å². The normalized spacial score (nSPS) is 15.7. The van der Waals surface area contributed by atoms with Crippen LogP contribution in [0.25, 0.3) is 0 Å². The molecule has 0 bridgehead atoms. The molecule has 1 aliphatic rings. The molecule has 2 aromatic rings. The molecule has 0 saturated carbocycles. The molecule has 2 aromatic carbocycles. The van der Waals surface area contributed by atoms with Crippen LogP contribution < -0.4 is 10.0 Å². The first-order valence-electron chi connectivity index (χ1n) is 10.4. The molecule has 33 heavy (non-hydrogen) atoms. The molecule has 3 rings (SSSR count). The molecule has 1 fully saturated rings. The summed E-state index contributed by atoms with van der Waals surface area (Å²) in [7, 11) is -7.16. The Kier molecular flexibility index (Phi) is 7.55. The molecular weight excluding hydrogens is 466 g/mol. The molecule has 178 valence electrons. The summed E-state index contributed by atoms with van der Waals surface area (Å²) < 4.78 is 52.6. The van der Waals surface area contributed by atoms with Crippen LogP contribution in [0.1, 0.15) is 35.7 Å². The van der Waals surface area contributed by atoms with Crippen LogP contribution in [0.4, 0.5) is 5.69 Å². The summed E-state index contributed by atoms with van der Waals surface area (Å²) in [5, 5.41) is 2.82. The Hall–Kier alpha value is -2.76. The van der Waals surface area contributed by atoms with E-state index in [0.29, 0.717) is 29.7 Å². The molecule has 0 spiro atoms. The Labute approximate surface area is 194 Å². The zero-order valence-electron chi connectivity index (χ0n) is 18.4. The van der Waals surface area contributed by atoms with E-state index in [-0.39, 0.29) is 42.1 Å². The highest BCUT2D eigenvalue weighted by Gasteiger charge is 2.32. The highest BCUT2D eigenvalue weighted by molar-refractivity contribution is 7.92. The van der Waals surface area contributed by atoms with Crippen LogP contribution in [-0.2, 0) is 31.4 Å².